The summed E-state index contributed by atoms with van der Waals surface area (Å²) in [6.07, 6.45) is 5.51. The number of rotatable bonds is 3. The molecule has 4 aromatic rings. The van der Waals surface area contributed by atoms with Crippen LogP contribution in [0.4, 0.5) is 8.78 Å². The maximum Gasteiger partial charge on any atom is 0.280 e. The van der Waals surface area contributed by atoms with Gasteiger partial charge >= 0.3 is 0 Å². The minimum Gasteiger partial charge on any atom is -0.332 e. The van der Waals surface area contributed by atoms with Crippen molar-refractivity contribution < 1.29 is 13.6 Å². The van der Waals surface area contributed by atoms with Gasteiger partial charge in [-0.3, -0.25) is 9.78 Å². The average molecular weight is 434 g/mol. The summed E-state index contributed by atoms with van der Waals surface area (Å²) >= 11 is 0. The summed E-state index contributed by atoms with van der Waals surface area (Å²) in [6.45, 7) is 0. The normalized spacial score (nSPS) is 22.8. The van der Waals surface area contributed by atoms with Gasteiger partial charge in [0.15, 0.2) is 0 Å². The molecule has 7 nitrogen and oxygen atoms in total. The van der Waals surface area contributed by atoms with Gasteiger partial charge in [-0.25, -0.2) is 18.3 Å². The third-order valence-corrected chi connectivity index (χ3v) is 6.85. The number of aromatic nitrogens is 5. The fourth-order valence-corrected chi connectivity index (χ4v) is 5.41. The number of benzene rings is 1. The summed E-state index contributed by atoms with van der Waals surface area (Å²) in [6, 6.07) is 9.07. The third-order valence-electron chi connectivity index (χ3n) is 6.85. The predicted molar refractivity (Wildman–Crippen MR) is 112 cm³/mol. The van der Waals surface area contributed by atoms with E-state index < -0.39 is 6.43 Å². The number of hydrogen-bond donors (Lipinski definition) is 0. The van der Waals surface area contributed by atoms with Crippen LogP contribution in [0.3, 0.4) is 0 Å². The molecule has 162 valence electrons. The second-order valence-corrected chi connectivity index (χ2v) is 8.51. The first-order chi connectivity index (χ1) is 15.6. The van der Waals surface area contributed by atoms with Gasteiger partial charge in [0.1, 0.15) is 12.0 Å². The van der Waals surface area contributed by atoms with Crippen molar-refractivity contribution >= 4 is 22.5 Å². The fraction of sp³-hybridized carbons (Fsp3) is 0.348. The average Bonchev–Trinajstić information content (AvgIpc) is 3.40. The van der Waals surface area contributed by atoms with Crippen molar-refractivity contribution in [3.63, 3.8) is 0 Å². The van der Waals surface area contributed by atoms with Crippen LogP contribution in [0.15, 0.2) is 49.1 Å². The molecule has 0 aliphatic carbocycles. The van der Waals surface area contributed by atoms with Gasteiger partial charge < -0.3 is 4.90 Å². The molecule has 3 aromatic heterocycles. The molecule has 1 aromatic carbocycles. The van der Waals surface area contributed by atoms with Gasteiger partial charge in [0.05, 0.1) is 5.69 Å². The van der Waals surface area contributed by atoms with Crippen molar-refractivity contribution in [2.75, 3.05) is 0 Å². The number of pyridine rings is 1. The molecule has 0 unspecified atom stereocenters. The van der Waals surface area contributed by atoms with E-state index in [0.29, 0.717) is 11.3 Å². The first-order valence-electron chi connectivity index (χ1n) is 10.8. The number of fused-ring (bicyclic) bond motifs is 4. The van der Waals surface area contributed by atoms with Gasteiger partial charge in [0.25, 0.3) is 18.1 Å². The van der Waals surface area contributed by atoms with Crippen molar-refractivity contribution in [3.8, 4) is 0 Å². The summed E-state index contributed by atoms with van der Waals surface area (Å²) in [5, 5.41) is 6.17. The number of nitrogens with zero attached hydrogens (tertiary/aromatic N) is 6. The van der Waals surface area contributed by atoms with E-state index in [2.05, 4.69) is 20.1 Å². The number of carbonyl (C=O) groups excluding carboxylic acids is 1. The van der Waals surface area contributed by atoms with Gasteiger partial charge in [-0.05, 0) is 55.3 Å². The van der Waals surface area contributed by atoms with Crippen LogP contribution in [-0.4, -0.2) is 47.5 Å². The lowest BCUT2D eigenvalue weighted by Crippen LogP contribution is -2.47. The molecular weight excluding hydrogens is 414 g/mol. The van der Waals surface area contributed by atoms with Crippen LogP contribution in [0.25, 0.3) is 16.6 Å². The number of piperidine rings is 1. The monoisotopic (exact) mass is 434 g/mol. The first-order valence-corrected chi connectivity index (χ1v) is 10.8. The molecule has 1 amide bonds. The van der Waals surface area contributed by atoms with E-state index in [0.717, 1.165) is 36.5 Å². The van der Waals surface area contributed by atoms with Crippen LogP contribution in [0.1, 0.15) is 59.8 Å². The standard InChI is InChI=1S/C23H20F2N6O/c24-21(25)18-10-20(31-23(29-18)27-12-28-31)17-5-3-16-4-6-19(17)30(16)22(32)14-1-2-15-11-26-8-7-13(15)9-14/h1-2,7-12,16-17,19,21H,3-6H2/t16-,17-,19-/m0/s1. The Hall–Kier alpha value is -3.49. The minimum absolute atomic E-state index is 0.0149. The summed E-state index contributed by atoms with van der Waals surface area (Å²) < 4.78 is 28.5. The lowest BCUT2D eigenvalue weighted by Gasteiger charge is -2.40. The second-order valence-electron chi connectivity index (χ2n) is 8.51. The van der Waals surface area contributed by atoms with Crippen LogP contribution in [0.5, 0.6) is 0 Å². The van der Waals surface area contributed by atoms with E-state index in [4.69, 9.17) is 0 Å². The van der Waals surface area contributed by atoms with Crippen LogP contribution < -0.4 is 0 Å². The Morgan fingerprint density at radius 3 is 2.81 bits per heavy atom. The Morgan fingerprint density at radius 2 is 1.94 bits per heavy atom. The summed E-state index contributed by atoms with van der Waals surface area (Å²) in [5.41, 5.74) is 0.979. The number of carbonyl (C=O) groups is 1. The fourth-order valence-electron chi connectivity index (χ4n) is 5.41. The number of hydrogen-bond acceptors (Lipinski definition) is 5. The van der Waals surface area contributed by atoms with Gasteiger partial charge in [0, 0.05) is 41.3 Å². The lowest BCUT2D eigenvalue weighted by atomic mass is 9.86. The highest BCUT2D eigenvalue weighted by atomic mass is 19.3. The molecule has 32 heavy (non-hydrogen) atoms. The van der Waals surface area contributed by atoms with Gasteiger partial charge in [-0.2, -0.15) is 10.1 Å². The maximum atomic E-state index is 13.6. The molecule has 0 radical (unpaired) electrons. The van der Waals surface area contributed by atoms with E-state index in [1.807, 2.05) is 29.2 Å². The highest BCUT2D eigenvalue weighted by molar-refractivity contribution is 5.99. The zero-order valence-electron chi connectivity index (χ0n) is 17.1. The number of alkyl halides is 2. The lowest BCUT2D eigenvalue weighted by molar-refractivity contribution is 0.0554. The van der Waals surface area contributed by atoms with Gasteiger partial charge in [-0.15, -0.1) is 0 Å². The molecule has 2 bridgehead atoms. The van der Waals surface area contributed by atoms with Crippen molar-refractivity contribution in [2.24, 2.45) is 0 Å². The molecule has 2 fully saturated rings. The van der Waals surface area contributed by atoms with Crippen LogP contribution in [0, 0.1) is 0 Å². The zero-order chi connectivity index (χ0) is 21.8. The third kappa shape index (κ3) is 2.95. The Bertz CT molecular complexity index is 1340. The largest absolute Gasteiger partial charge is 0.332 e. The number of amides is 1. The van der Waals surface area contributed by atoms with Gasteiger partial charge in [-0.1, -0.05) is 6.07 Å². The predicted octanol–water partition coefficient (Wildman–Crippen LogP) is 4.16. The Morgan fingerprint density at radius 1 is 1.06 bits per heavy atom. The maximum absolute atomic E-state index is 13.6. The van der Waals surface area contributed by atoms with E-state index in [1.165, 1.54) is 12.4 Å². The molecule has 0 saturated carbocycles. The SMILES string of the molecule is O=C(c1ccc2cnccc2c1)N1[C@H]2CC[C@H](c3cc(C(F)F)nc4ncnn34)[C@@H]1CC2. The van der Waals surface area contributed by atoms with E-state index >= 15 is 0 Å². The summed E-state index contributed by atoms with van der Waals surface area (Å²) in [5.74, 6) is 0.0462. The molecule has 2 aliphatic rings. The molecule has 0 spiro atoms. The van der Waals surface area contributed by atoms with Gasteiger partial charge in [0.2, 0.25) is 0 Å². The van der Waals surface area contributed by atoms with Crippen molar-refractivity contribution in [1.29, 1.82) is 0 Å². The number of halogens is 2. The van der Waals surface area contributed by atoms with Crippen molar-refractivity contribution in [1.82, 2.24) is 29.5 Å². The van der Waals surface area contributed by atoms with Crippen molar-refractivity contribution in [2.45, 2.75) is 50.1 Å². The van der Waals surface area contributed by atoms with E-state index in [1.54, 1.807) is 16.9 Å². The summed E-state index contributed by atoms with van der Waals surface area (Å²) in [4.78, 5) is 27.7. The van der Waals surface area contributed by atoms with Crippen LogP contribution >= 0.6 is 0 Å². The molecule has 3 atom stereocenters. The molecule has 2 aliphatic heterocycles. The molecule has 2 saturated heterocycles. The van der Waals surface area contributed by atoms with Crippen LogP contribution in [-0.2, 0) is 0 Å². The van der Waals surface area contributed by atoms with E-state index in [-0.39, 0.29) is 35.4 Å². The first kappa shape index (κ1) is 19.2. The topological polar surface area (TPSA) is 76.3 Å². The quantitative estimate of drug-likeness (QED) is 0.484. The minimum atomic E-state index is -2.69. The highest BCUT2D eigenvalue weighted by Gasteiger charge is 2.46. The Kier molecular flexibility index (Phi) is 4.38. The smallest absolute Gasteiger partial charge is 0.280 e. The van der Waals surface area contributed by atoms with Crippen LogP contribution in [0.2, 0.25) is 0 Å². The Labute approximate surface area is 182 Å². The summed E-state index contributed by atoms with van der Waals surface area (Å²) in [7, 11) is 0. The Balaban J connectivity index is 1.39. The molecule has 6 rings (SSSR count). The molecule has 5 heterocycles. The molecular formula is C23H20F2N6O. The zero-order valence-corrected chi connectivity index (χ0v) is 17.1. The molecule has 0 N–H and O–H groups in total. The highest BCUT2D eigenvalue weighted by Crippen LogP contribution is 2.45. The van der Waals surface area contributed by atoms with E-state index in [9.17, 15) is 13.6 Å². The van der Waals surface area contributed by atoms with Crippen molar-refractivity contribution in [3.05, 3.63) is 66.0 Å². The second kappa shape index (κ2) is 7.29. The molecule has 9 heteroatoms.